The molecular weight excluding hydrogens is 1010 g/mol. The van der Waals surface area contributed by atoms with Crippen molar-refractivity contribution in [3.05, 3.63) is 60.8 Å². The third kappa shape index (κ3) is 67.9. The van der Waals surface area contributed by atoms with Gasteiger partial charge in [-0.25, -0.2) is 0 Å². The Balaban J connectivity index is 4.26. The minimum Gasteiger partial charge on any atom is -0.462 e. The van der Waals surface area contributed by atoms with E-state index in [1.165, 1.54) is 257 Å². The van der Waals surface area contributed by atoms with Crippen LogP contribution in [0.3, 0.4) is 0 Å². The molecule has 82 heavy (non-hydrogen) atoms. The highest BCUT2D eigenvalue weighted by Crippen LogP contribution is 2.18. The van der Waals surface area contributed by atoms with Gasteiger partial charge in [-0.05, 0) is 109 Å². The molecule has 0 saturated heterocycles. The van der Waals surface area contributed by atoms with E-state index in [-0.39, 0.29) is 31.1 Å². The highest BCUT2D eigenvalue weighted by atomic mass is 16.6. The van der Waals surface area contributed by atoms with Gasteiger partial charge in [0, 0.05) is 19.3 Å². The first-order valence-electron chi connectivity index (χ1n) is 36.3. The van der Waals surface area contributed by atoms with Crippen molar-refractivity contribution in [2.45, 2.75) is 393 Å². The highest BCUT2D eigenvalue weighted by molar-refractivity contribution is 5.71. The molecular formula is C76H138O6. The van der Waals surface area contributed by atoms with Crippen molar-refractivity contribution in [1.82, 2.24) is 0 Å². The molecule has 0 aliphatic heterocycles. The topological polar surface area (TPSA) is 78.9 Å². The van der Waals surface area contributed by atoms with Gasteiger partial charge in [0.25, 0.3) is 0 Å². The van der Waals surface area contributed by atoms with Gasteiger partial charge < -0.3 is 14.2 Å². The monoisotopic (exact) mass is 1150 g/mol. The molecule has 0 bridgehead atoms. The minimum absolute atomic E-state index is 0.0790. The first-order valence-corrected chi connectivity index (χ1v) is 36.3. The van der Waals surface area contributed by atoms with Gasteiger partial charge in [-0.2, -0.15) is 0 Å². The van der Waals surface area contributed by atoms with E-state index in [2.05, 4.69) is 81.5 Å². The first-order chi connectivity index (χ1) is 40.5. The molecule has 0 amide bonds. The molecule has 0 rings (SSSR count). The van der Waals surface area contributed by atoms with E-state index in [4.69, 9.17) is 14.2 Å². The van der Waals surface area contributed by atoms with E-state index in [1.807, 2.05) is 0 Å². The number of hydrogen-bond acceptors (Lipinski definition) is 6. The maximum atomic E-state index is 12.9. The molecule has 0 aliphatic rings. The van der Waals surface area contributed by atoms with Crippen LogP contribution in [-0.4, -0.2) is 37.2 Å². The van der Waals surface area contributed by atoms with Crippen LogP contribution in [0.2, 0.25) is 0 Å². The zero-order chi connectivity index (χ0) is 59.2. The summed E-state index contributed by atoms with van der Waals surface area (Å²) in [6.45, 7) is 6.65. The van der Waals surface area contributed by atoms with Crippen molar-refractivity contribution in [2.24, 2.45) is 0 Å². The van der Waals surface area contributed by atoms with Gasteiger partial charge in [-0.15, -0.1) is 0 Å². The summed E-state index contributed by atoms with van der Waals surface area (Å²) in [5.41, 5.74) is 0. The number of unbranched alkanes of at least 4 members (excludes halogenated alkanes) is 46. The fourth-order valence-corrected chi connectivity index (χ4v) is 10.7. The van der Waals surface area contributed by atoms with E-state index in [1.54, 1.807) is 0 Å². The van der Waals surface area contributed by atoms with Crippen molar-refractivity contribution >= 4 is 17.9 Å². The second-order valence-electron chi connectivity index (χ2n) is 24.5. The van der Waals surface area contributed by atoms with Crippen LogP contribution in [0.5, 0.6) is 0 Å². The number of ether oxygens (including phenoxy) is 3. The molecule has 478 valence electrons. The lowest BCUT2D eigenvalue weighted by atomic mass is 10.0. The Morgan fingerprint density at radius 1 is 0.244 bits per heavy atom. The Morgan fingerprint density at radius 2 is 0.439 bits per heavy atom. The summed E-state index contributed by atoms with van der Waals surface area (Å²) in [4.78, 5) is 38.5. The molecule has 0 N–H and O–H groups in total. The van der Waals surface area contributed by atoms with Crippen molar-refractivity contribution in [1.29, 1.82) is 0 Å². The normalized spacial score (nSPS) is 12.4. The SMILES string of the molecule is CCCCC/C=C\C/C=C\C/C=C\CCCCCCCCC(=O)OC(COC(=O)CCCCCCC/C=C\CCCCCCCCC)COC(=O)CCCCCCCCCCCCCCCCCCC/C=C\CCCCCCCCCC. The molecule has 0 aliphatic carbocycles. The van der Waals surface area contributed by atoms with Crippen LogP contribution >= 0.6 is 0 Å². The maximum absolute atomic E-state index is 12.9. The predicted octanol–water partition coefficient (Wildman–Crippen LogP) is 25.1. The summed E-state index contributed by atoms with van der Waals surface area (Å²) in [5.74, 6) is -0.877. The number of hydrogen-bond donors (Lipinski definition) is 0. The average molecular weight is 1150 g/mol. The summed E-state index contributed by atoms with van der Waals surface area (Å²) in [6.07, 6.45) is 91.1. The van der Waals surface area contributed by atoms with Crippen LogP contribution in [-0.2, 0) is 28.6 Å². The number of carbonyl (C=O) groups excluding carboxylic acids is 3. The first kappa shape index (κ1) is 79.1. The molecule has 6 nitrogen and oxygen atoms in total. The fraction of sp³-hybridized carbons (Fsp3) is 0.829. The maximum Gasteiger partial charge on any atom is 0.306 e. The Bertz CT molecular complexity index is 1460. The molecule has 0 heterocycles. The molecule has 0 aromatic carbocycles. The van der Waals surface area contributed by atoms with Crippen LogP contribution in [0.25, 0.3) is 0 Å². The van der Waals surface area contributed by atoms with Crippen LogP contribution < -0.4 is 0 Å². The van der Waals surface area contributed by atoms with Crippen LogP contribution in [0.15, 0.2) is 60.8 Å². The molecule has 6 heteroatoms. The second kappa shape index (κ2) is 70.6. The Kier molecular flexibility index (Phi) is 68.1. The molecule has 1 unspecified atom stereocenters. The Morgan fingerprint density at radius 3 is 0.720 bits per heavy atom. The lowest BCUT2D eigenvalue weighted by Gasteiger charge is -2.18. The zero-order valence-electron chi connectivity index (χ0n) is 55.0. The van der Waals surface area contributed by atoms with Crippen molar-refractivity contribution < 1.29 is 28.6 Å². The molecule has 0 spiro atoms. The standard InChI is InChI=1S/C76H138O6/c1-4-7-10-13-16-19-22-25-28-31-33-34-35-36-37-38-39-40-41-42-44-45-48-51-54-57-60-63-66-69-75(78)81-72-73(71-80-74(77)68-65-62-59-56-53-50-47-30-27-24-21-18-15-12-9-6-3)82-76(79)70-67-64-61-58-55-52-49-46-43-32-29-26-23-20-17-14-11-8-5-2/h17,20,26,29-31,33,43,46-47,73H,4-16,18-19,21-25,27-28,32,34-42,44-45,48-72H2,1-3H3/b20-17-,29-26-,33-31-,46-43-,47-30-. The molecule has 0 saturated carbocycles. The molecule has 1 atom stereocenters. The number of rotatable bonds is 67. The van der Waals surface area contributed by atoms with E-state index in [0.717, 1.165) is 89.9 Å². The highest BCUT2D eigenvalue weighted by Gasteiger charge is 2.19. The van der Waals surface area contributed by atoms with E-state index >= 15 is 0 Å². The third-order valence-corrected chi connectivity index (χ3v) is 16.2. The summed E-state index contributed by atoms with van der Waals surface area (Å²) in [6, 6.07) is 0. The van der Waals surface area contributed by atoms with E-state index < -0.39 is 6.10 Å². The Labute approximate surface area is 510 Å². The van der Waals surface area contributed by atoms with E-state index in [0.29, 0.717) is 19.3 Å². The number of allylic oxidation sites excluding steroid dienone is 10. The minimum atomic E-state index is -0.785. The Hall–Kier alpha value is -2.89. The van der Waals surface area contributed by atoms with Crippen molar-refractivity contribution in [3.63, 3.8) is 0 Å². The third-order valence-electron chi connectivity index (χ3n) is 16.2. The smallest absolute Gasteiger partial charge is 0.306 e. The summed E-state index contributed by atoms with van der Waals surface area (Å²) >= 11 is 0. The number of esters is 3. The van der Waals surface area contributed by atoms with E-state index in [9.17, 15) is 14.4 Å². The molecule has 0 aromatic heterocycles. The molecule has 0 radical (unpaired) electrons. The fourth-order valence-electron chi connectivity index (χ4n) is 10.7. The summed E-state index contributed by atoms with van der Waals surface area (Å²) in [5, 5.41) is 0. The van der Waals surface area contributed by atoms with Crippen LogP contribution in [0, 0.1) is 0 Å². The van der Waals surface area contributed by atoms with Gasteiger partial charge in [0.2, 0.25) is 0 Å². The average Bonchev–Trinajstić information content (AvgIpc) is 3.47. The summed E-state index contributed by atoms with van der Waals surface area (Å²) < 4.78 is 17.0. The van der Waals surface area contributed by atoms with Gasteiger partial charge in [0.15, 0.2) is 6.10 Å². The predicted molar refractivity (Wildman–Crippen MR) is 358 cm³/mol. The zero-order valence-corrected chi connectivity index (χ0v) is 55.0. The lowest BCUT2D eigenvalue weighted by molar-refractivity contribution is -0.167. The lowest BCUT2D eigenvalue weighted by Crippen LogP contribution is -2.30. The van der Waals surface area contributed by atoms with Gasteiger partial charge >= 0.3 is 17.9 Å². The van der Waals surface area contributed by atoms with Gasteiger partial charge in [-0.1, -0.05) is 319 Å². The quantitative estimate of drug-likeness (QED) is 0.0261. The van der Waals surface area contributed by atoms with Crippen LogP contribution in [0.4, 0.5) is 0 Å². The van der Waals surface area contributed by atoms with Gasteiger partial charge in [0.05, 0.1) is 0 Å². The largest absolute Gasteiger partial charge is 0.462 e. The molecule has 0 fully saturated rings. The van der Waals surface area contributed by atoms with Crippen LogP contribution in [0.1, 0.15) is 387 Å². The van der Waals surface area contributed by atoms with Gasteiger partial charge in [0.1, 0.15) is 13.2 Å². The van der Waals surface area contributed by atoms with Crippen molar-refractivity contribution in [2.75, 3.05) is 13.2 Å². The van der Waals surface area contributed by atoms with Crippen molar-refractivity contribution in [3.8, 4) is 0 Å². The molecule has 0 aromatic rings. The number of carbonyl (C=O) groups is 3. The second-order valence-corrected chi connectivity index (χ2v) is 24.5. The summed E-state index contributed by atoms with van der Waals surface area (Å²) in [7, 11) is 0. The van der Waals surface area contributed by atoms with Gasteiger partial charge in [-0.3, -0.25) is 14.4 Å².